The molecule has 3 heterocycles. The standard InChI is InChI=1S/C13H11N5OS/c1-18-7-4-10(17-18)12(19)16-13-15-11(8-20-13)9-2-5-14-6-3-9/h2-8H,1H3,(H,15,16,19). The highest BCUT2D eigenvalue weighted by atomic mass is 32.1. The minimum Gasteiger partial charge on any atom is -0.296 e. The summed E-state index contributed by atoms with van der Waals surface area (Å²) in [4.78, 5) is 20.3. The fraction of sp³-hybridized carbons (Fsp3) is 0.0769. The van der Waals surface area contributed by atoms with E-state index >= 15 is 0 Å². The number of carbonyl (C=O) groups excluding carboxylic acids is 1. The second kappa shape index (κ2) is 5.22. The molecule has 1 amide bonds. The van der Waals surface area contributed by atoms with Crippen LogP contribution in [0.5, 0.6) is 0 Å². The first-order valence-electron chi connectivity index (χ1n) is 5.89. The summed E-state index contributed by atoms with van der Waals surface area (Å²) in [5, 5.41) is 9.22. The van der Waals surface area contributed by atoms with Gasteiger partial charge in [-0.1, -0.05) is 0 Å². The van der Waals surface area contributed by atoms with Gasteiger partial charge in [-0.05, 0) is 18.2 Å². The number of nitrogens with one attached hydrogen (secondary N) is 1. The zero-order valence-corrected chi connectivity index (χ0v) is 11.5. The number of carbonyl (C=O) groups is 1. The Labute approximate surface area is 119 Å². The van der Waals surface area contributed by atoms with Crippen LogP contribution in [0.1, 0.15) is 10.5 Å². The van der Waals surface area contributed by atoms with Gasteiger partial charge in [-0.25, -0.2) is 4.98 Å². The molecule has 0 unspecified atom stereocenters. The van der Waals surface area contributed by atoms with Gasteiger partial charge in [0.1, 0.15) is 0 Å². The maximum atomic E-state index is 11.9. The molecule has 0 aliphatic carbocycles. The molecule has 0 saturated carbocycles. The van der Waals surface area contributed by atoms with Crippen molar-refractivity contribution >= 4 is 22.4 Å². The molecule has 100 valence electrons. The molecule has 7 heteroatoms. The fourth-order valence-electron chi connectivity index (χ4n) is 1.68. The molecular weight excluding hydrogens is 274 g/mol. The maximum absolute atomic E-state index is 11.9. The number of nitrogens with zero attached hydrogens (tertiary/aromatic N) is 4. The van der Waals surface area contributed by atoms with Crippen molar-refractivity contribution < 1.29 is 4.79 Å². The SMILES string of the molecule is Cn1ccc(C(=O)Nc2nc(-c3ccncc3)cs2)n1. The van der Waals surface area contributed by atoms with Crippen LogP contribution in [0.3, 0.4) is 0 Å². The zero-order valence-electron chi connectivity index (χ0n) is 10.6. The van der Waals surface area contributed by atoms with E-state index in [4.69, 9.17) is 0 Å². The number of anilines is 1. The average Bonchev–Trinajstić information content (AvgIpc) is 3.09. The summed E-state index contributed by atoms with van der Waals surface area (Å²) in [6, 6.07) is 5.41. The van der Waals surface area contributed by atoms with Crippen LogP contribution in [-0.2, 0) is 7.05 Å². The molecule has 0 radical (unpaired) electrons. The van der Waals surface area contributed by atoms with Crippen LogP contribution in [0, 0.1) is 0 Å². The quantitative estimate of drug-likeness (QED) is 0.800. The number of hydrogen-bond donors (Lipinski definition) is 1. The number of thiazole rings is 1. The van der Waals surface area contributed by atoms with Gasteiger partial charge in [0.2, 0.25) is 0 Å². The molecule has 0 bridgehead atoms. The second-order valence-corrected chi connectivity index (χ2v) is 4.96. The topological polar surface area (TPSA) is 72.7 Å². The van der Waals surface area contributed by atoms with Crippen LogP contribution in [0.25, 0.3) is 11.3 Å². The summed E-state index contributed by atoms with van der Waals surface area (Å²) in [6.45, 7) is 0. The van der Waals surface area contributed by atoms with Gasteiger partial charge in [0.05, 0.1) is 5.69 Å². The Morgan fingerprint density at radius 3 is 2.80 bits per heavy atom. The van der Waals surface area contributed by atoms with Gasteiger partial charge in [-0.3, -0.25) is 19.8 Å². The lowest BCUT2D eigenvalue weighted by Crippen LogP contribution is -2.12. The van der Waals surface area contributed by atoms with Crippen LogP contribution < -0.4 is 5.32 Å². The second-order valence-electron chi connectivity index (χ2n) is 4.10. The van der Waals surface area contributed by atoms with Crippen molar-refractivity contribution in [2.75, 3.05) is 5.32 Å². The molecule has 3 rings (SSSR count). The van der Waals surface area contributed by atoms with Gasteiger partial charge in [0.25, 0.3) is 5.91 Å². The Bertz CT molecular complexity index is 734. The largest absolute Gasteiger partial charge is 0.296 e. The Kier molecular flexibility index (Phi) is 3.26. The van der Waals surface area contributed by atoms with E-state index in [1.807, 2.05) is 17.5 Å². The van der Waals surface area contributed by atoms with Crippen LogP contribution in [-0.4, -0.2) is 25.7 Å². The minimum atomic E-state index is -0.263. The maximum Gasteiger partial charge on any atom is 0.277 e. The van der Waals surface area contributed by atoms with Gasteiger partial charge in [-0.2, -0.15) is 5.10 Å². The van der Waals surface area contributed by atoms with Crippen molar-refractivity contribution in [2.45, 2.75) is 0 Å². The molecule has 1 N–H and O–H groups in total. The predicted molar refractivity (Wildman–Crippen MR) is 76.5 cm³/mol. The molecule has 20 heavy (non-hydrogen) atoms. The fourth-order valence-corrected chi connectivity index (χ4v) is 2.40. The molecule has 0 atom stereocenters. The number of aryl methyl sites for hydroxylation is 1. The number of rotatable bonds is 3. The third-order valence-corrected chi connectivity index (χ3v) is 3.40. The van der Waals surface area contributed by atoms with Crippen molar-refractivity contribution in [1.29, 1.82) is 0 Å². The third kappa shape index (κ3) is 2.57. The molecule has 0 aliphatic heterocycles. The van der Waals surface area contributed by atoms with Gasteiger partial charge < -0.3 is 0 Å². The first-order valence-corrected chi connectivity index (χ1v) is 6.77. The Morgan fingerprint density at radius 1 is 1.30 bits per heavy atom. The summed E-state index contributed by atoms with van der Waals surface area (Å²) < 4.78 is 1.58. The molecule has 3 aromatic heterocycles. The van der Waals surface area contributed by atoms with Gasteiger partial charge in [0, 0.05) is 36.6 Å². The lowest BCUT2D eigenvalue weighted by Gasteiger charge is -1.98. The zero-order chi connectivity index (χ0) is 13.9. The Balaban J connectivity index is 1.76. The molecule has 3 aromatic rings. The molecule has 0 fully saturated rings. The monoisotopic (exact) mass is 285 g/mol. The van der Waals surface area contributed by atoms with Crippen LogP contribution in [0.4, 0.5) is 5.13 Å². The van der Waals surface area contributed by atoms with Crippen molar-refractivity contribution in [3.8, 4) is 11.3 Å². The van der Waals surface area contributed by atoms with E-state index in [0.717, 1.165) is 11.3 Å². The van der Waals surface area contributed by atoms with E-state index in [1.54, 1.807) is 36.4 Å². The lowest BCUT2D eigenvalue weighted by atomic mass is 10.2. The number of aromatic nitrogens is 4. The molecule has 0 aliphatic rings. The first-order chi connectivity index (χ1) is 9.72. The van der Waals surface area contributed by atoms with Gasteiger partial charge >= 0.3 is 0 Å². The van der Waals surface area contributed by atoms with E-state index < -0.39 is 0 Å². The van der Waals surface area contributed by atoms with Crippen molar-refractivity contribution in [3.63, 3.8) is 0 Å². The highest BCUT2D eigenvalue weighted by Gasteiger charge is 2.11. The van der Waals surface area contributed by atoms with E-state index in [-0.39, 0.29) is 5.91 Å². The highest BCUT2D eigenvalue weighted by molar-refractivity contribution is 7.14. The highest BCUT2D eigenvalue weighted by Crippen LogP contribution is 2.24. The first kappa shape index (κ1) is 12.5. The summed E-state index contributed by atoms with van der Waals surface area (Å²) in [7, 11) is 1.77. The van der Waals surface area contributed by atoms with Crippen molar-refractivity contribution in [3.05, 3.63) is 47.9 Å². The van der Waals surface area contributed by atoms with Crippen LogP contribution >= 0.6 is 11.3 Å². The Hall–Kier alpha value is -2.54. The molecule has 0 spiro atoms. The summed E-state index contributed by atoms with van der Waals surface area (Å²) in [5.74, 6) is -0.263. The number of pyridine rings is 1. The van der Waals surface area contributed by atoms with E-state index in [9.17, 15) is 4.79 Å². The third-order valence-electron chi connectivity index (χ3n) is 2.65. The van der Waals surface area contributed by atoms with Crippen LogP contribution in [0.2, 0.25) is 0 Å². The van der Waals surface area contributed by atoms with Crippen LogP contribution in [0.15, 0.2) is 42.2 Å². The lowest BCUT2D eigenvalue weighted by molar-refractivity contribution is 0.102. The van der Waals surface area contributed by atoms with E-state index in [1.165, 1.54) is 11.3 Å². The van der Waals surface area contributed by atoms with Crippen molar-refractivity contribution in [2.24, 2.45) is 7.05 Å². The molecular formula is C13H11N5OS. The van der Waals surface area contributed by atoms with E-state index in [2.05, 4.69) is 20.4 Å². The van der Waals surface area contributed by atoms with Gasteiger partial charge in [-0.15, -0.1) is 11.3 Å². The number of hydrogen-bond acceptors (Lipinski definition) is 5. The minimum absolute atomic E-state index is 0.263. The van der Waals surface area contributed by atoms with Crippen molar-refractivity contribution in [1.82, 2.24) is 19.7 Å². The molecule has 0 aromatic carbocycles. The summed E-state index contributed by atoms with van der Waals surface area (Å²) >= 11 is 1.38. The van der Waals surface area contributed by atoms with Gasteiger partial charge in [0.15, 0.2) is 10.8 Å². The summed E-state index contributed by atoms with van der Waals surface area (Å²) in [6.07, 6.45) is 5.14. The Morgan fingerprint density at radius 2 is 2.10 bits per heavy atom. The number of amides is 1. The predicted octanol–water partition coefficient (Wildman–Crippen LogP) is 2.19. The normalized spacial score (nSPS) is 10.4. The molecule has 6 nitrogen and oxygen atoms in total. The smallest absolute Gasteiger partial charge is 0.277 e. The average molecular weight is 285 g/mol. The van der Waals surface area contributed by atoms with E-state index in [0.29, 0.717) is 10.8 Å². The summed E-state index contributed by atoms with van der Waals surface area (Å²) in [5.41, 5.74) is 2.15. The molecule has 0 saturated heterocycles.